The van der Waals surface area contributed by atoms with Gasteiger partial charge in [-0.2, -0.15) is 15.0 Å². The molecule has 0 amide bonds. The van der Waals surface area contributed by atoms with Crippen LogP contribution in [-0.2, 0) is 0 Å². The van der Waals surface area contributed by atoms with Crippen LogP contribution in [-0.4, -0.2) is 75.2 Å². The van der Waals surface area contributed by atoms with Gasteiger partial charge < -0.3 is 0 Å². The van der Waals surface area contributed by atoms with Gasteiger partial charge in [-0.3, -0.25) is 8.80 Å². The summed E-state index contributed by atoms with van der Waals surface area (Å²) in [6.45, 7) is 7.33. The summed E-state index contributed by atoms with van der Waals surface area (Å²) in [5, 5.41) is 19.8. The summed E-state index contributed by atoms with van der Waals surface area (Å²) < 4.78 is 9.08. The van der Waals surface area contributed by atoms with E-state index in [-0.39, 0.29) is 0 Å². The highest BCUT2D eigenvalue weighted by Crippen LogP contribution is 2.34. The predicted molar refractivity (Wildman–Crippen MR) is 512 cm³/mol. The molecule has 21 aromatic rings. The van der Waals surface area contributed by atoms with E-state index in [4.69, 9.17) is 31.5 Å². The summed E-state index contributed by atoms with van der Waals surface area (Å²) in [6.07, 6.45) is 4.43. The van der Waals surface area contributed by atoms with Crippen molar-refractivity contribution in [2.45, 2.75) is 6.92 Å². The summed E-state index contributed by atoms with van der Waals surface area (Å²) >= 11 is 0. The van der Waals surface area contributed by atoms with E-state index in [9.17, 15) is 0 Å². The van der Waals surface area contributed by atoms with Crippen LogP contribution < -0.4 is 77.8 Å². The third-order valence-corrected chi connectivity index (χ3v) is 43.9. The molecule has 0 atom stereocenters. The van der Waals surface area contributed by atoms with Crippen LogP contribution in [0, 0.1) is 6.92 Å². The van der Waals surface area contributed by atoms with E-state index in [2.05, 4.69) is 480 Å². The van der Waals surface area contributed by atoms with Crippen LogP contribution in [0.4, 0.5) is 0 Å². The molecule has 574 valence electrons. The van der Waals surface area contributed by atoms with Gasteiger partial charge in [0.1, 0.15) is 0 Å². The number of aryl methyl sites for hydroxylation is 1. The first kappa shape index (κ1) is 73.8. The van der Waals surface area contributed by atoms with Gasteiger partial charge in [0.15, 0.2) is 38.1 Å². The highest BCUT2D eigenvalue weighted by molar-refractivity contribution is 7.21. The second-order valence-corrected chi connectivity index (χ2v) is 46.4. The molecule has 21 rings (SSSR count). The first-order chi connectivity index (χ1) is 59.9. The SMILES string of the molecule is C=C(/C=C\c1nc2n(-c3nc(-c4ccccc4)nc(-n4c5ccc([Si](c6ccccc6)(c6ccccc6)c6ccccc6)cc5n5c6cc([Si](c7ccccc7)(c7ccccc7)c7ccccc7)ccc6nc45)n3)c3ccc([Si](c4ccccc4)(c4ccccc4)c4ccccc4)cc3n2c1C)[Si](c1ccccc1)(c1ccccc1)c1ccccc1. The fraction of sp³-hybridized carbons (Fsp3) is 0.00926. The maximum atomic E-state index is 5.96. The number of benzene rings is 16. The van der Waals surface area contributed by atoms with Crippen molar-refractivity contribution in [2.75, 3.05) is 0 Å². The average Bonchev–Trinajstić information content (AvgIpc) is 1.42. The van der Waals surface area contributed by atoms with Gasteiger partial charge in [-0.15, -0.1) is 0 Å². The summed E-state index contributed by atoms with van der Waals surface area (Å²) in [6, 6.07) is 165. The minimum absolute atomic E-state index is 0.380. The molecule has 0 aliphatic heterocycles. The van der Waals surface area contributed by atoms with E-state index >= 15 is 0 Å². The Morgan fingerprint density at radius 3 is 0.851 bits per heavy atom. The van der Waals surface area contributed by atoms with E-state index < -0.39 is 32.3 Å². The molecule has 16 aromatic carbocycles. The van der Waals surface area contributed by atoms with Crippen molar-refractivity contribution in [3.8, 4) is 23.3 Å². The monoisotopic (exact) mass is 1620 g/mol. The number of rotatable bonds is 21. The van der Waals surface area contributed by atoms with E-state index in [1.54, 1.807) is 0 Å². The van der Waals surface area contributed by atoms with Crippen LogP contribution in [0.5, 0.6) is 0 Å². The Balaban J connectivity index is 0.860. The second kappa shape index (κ2) is 30.9. The lowest BCUT2D eigenvalue weighted by Crippen LogP contribution is -2.74. The molecular weight excluding hydrogens is 1540 g/mol. The Morgan fingerprint density at radius 1 is 0.256 bits per heavy atom. The lowest BCUT2D eigenvalue weighted by atomic mass is 10.2. The van der Waals surface area contributed by atoms with Crippen molar-refractivity contribution in [1.29, 1.82) is 0 Å². The molecule has 9 nitrogen and oxygen atoms in total. The zero-order chi connectivity index (χ0) is 80.9. The molecule has 0 aliphatic carbocycles. The number of fused-ring (bicyclic) bond motifs is 8. The van der Waals surface area contributed by atoms with Crippen molar-refractivity contribution in [2.24, 2.45) is 0 Å². The van der Waals surface area contributed by atoms with Gasteiger partial charge in [-0.05, 0) is 127 Å². The first-order valence-electron chi connectivity index (χ1n) is 41.2. The van der Waals surface area contributed by atoms with Crippen molar-refractivity contribution < 1.29 is 0 Å². The Kier molecular flexibility index (Phi) is 18.8. The highest BCUT2D eigenvalue weighted by Gasteiger charge is 2.47. The van der Waals surface area contributed by atoms with Crippen molar-refractivity contribution in [3.63, 3.8) is 0 Å². The number of imidazole rings is 4. The Bertz CT molecular complexity index is 6980. The smallest absolute Gasteiger partial charge is 0.242 e. The Hall–Kier alpha value is -14.8. The van der Waals surface area contributed by atoms with Gasteiger partial charge in [0.2, 0.25) is 23.5 Å². The number of allylic oxidation sites excluding steroid dienone is 2. The van der Waals surface area contributed by atoms with E-state index in [1.165, 1.54) is 77.8 Å². The van der Waals surface area contributed by atoms with Crippen LogP contribution in [0.2, 0.25) is 0 Å². The van der Waals surface area contributed by atoms with Gasteiger partial charge in [-0.1, -0.05) is 430 Å². The third-order valence-electron chi connectivity index (χ3n) is 24.8. The maximum Gasteiger partial charge on any atom is 0.242 e. The molecule has 0 radical (unpaired) electrons. The number of hydrogen-bond acceptors (Lipinski definition) is 5. The summed E-state index contributed by atoms with van der Waals surface area (Å²) in [5.41, 5.74) is 7.95. The van der Waals surface area contributed by atoms with Crippen LogP contribution in [0.3, 0.4) is 0 Å². The van der Waals surface area contributed by atoms with E-state index in [0.29, 0.717) is 29.3 Å². The Labute approximate surface area is 706 Å². The second-order valence-electron chi connectivity index (χ2n) is 31.1. The molecular formula is C108H81N9Si4. The van der Waals surface area contributed by atoms with Gasteiger partial charge in [-0.25, -0.2) is 19.1 Å². The molecule has 0 unspecified atom stereocenters. The summed E-state index contributed by atoms with van der Waals surface area (Å²) in [7, 11) is -12.5. The fourth-order valence-electron chi connectivity index (χ4n) is 19.5. The van der Waals surface area contributed by atoms with E-state index in [0.717, 1.165) is 55.2 Å². The lowest BCUT2D eigenvalue weighted by molar-refractivity contribution is 0.876. The van der Waals surface area contributed by atoms with Crippen molar-refractivity contribution >= 4 is 161 Å². The van der Waals surface area contributed by atoms with Gasteiger partial charge in [0.25, 0.3) is 0 Å². The van der Waals surface area contributed by atoms with E-state index in [1.807, 2.05) is 6.07 Å². The first-order valence-corrected chi connectivity index (χ1v) is 49.2. The van der Waals surface area contributed by atoms with Crippen LogP contribution in [0.25, 0.3) is 74.0 Å². The van der Waals surface area contributed by atoms with Gasteiger partial charge in [0.05, 0.1) is 38.8 Å². The molecule has 0 saturated carbocycles. The molecule has 13 heteroatoms. The Morgan fingerprint density at radius 2 is 0.529 bits per heavy atom. The lowest BCUT2D eigenvalue weighted by Gasteiger charge is -2.34. The summed E-state index contributed by atoms with van der Waals surface area (Å²) in [5.74, 6) is 2.53. The number of aromatic nitrogens is 9. The van der Waals surface area contributed by atoms with Crippen molar-refractivity contribution in [1.82, 2.24) is 42.9 Å². The number of nitrogens with zero attached hydrogens (tertiary/aromatic N) is 9. The molecule has 0 saturated heterocycles. The molecule has 0 bridgehead atoms. The van der Waals surface area contributed by atoms with Crippen molar-refractivity contribution in [3.05, 3.63) is 478 Å². The maximum absolute atomic E-state index is 5.96. The normalized spacial score (nSPS) is 12.2. The minimum Gasteiger partial charge on any atom is -0.280 e. The van der Waals surface area contributed by atoms with Crippen LogP contribution >= 0.6 is 0 Å². The third kappa shape index (κ3) is 12.0. The average molecular weight is 1620 g/mol. The molecule has 5 aromatic heterocycles. The summed E-state index contributed by atoms with van der Waals surface area (Å²) in [4.78, 5) is 29.2. The fourth-order valence-corrected chi connectivity index (χ4v) is 38.3. The van der Waals surface area contributed by atoms with Gasteiger partial charge in [0, 0.05) is 11.3 Å². The molecule has 0 fully saturated rings. The van der Waals surface area contributed by atoms with Gasteiger partial charge >= 0.3 is 0 Å². The topological polar surface area (TPSA) is 83.1 Å². The predicted octanol–water partition coefficient (Wildman–Crippen LogP) is 13.6. The zero-order valence-electron chi connectivity index (χ0n) is 66.6. The quantitative estimate of drug-likeness (QED) is 0.0407. The molecule has 0 N–H and O–H groups in total. The van der Waals surface area contributed by atoms with Crippen LogP contribution in [0.1, 0.15) is 11.4 Å². The minimum atomic E-state index is -3.19. The molecule has 0 spiro atoms. The van der Waals surface area contributed by atoms with Crippen LogP contribution in [0.15, 0.2) is 467 Å². The molecule has 5 heterocycles. The standard InChI is InChI=1S/C108H81N9Si4/c1-79(118(82-44-18-4-19-45-82,83-46-20-5-21-47-83)84-48-22-6-23-49-84)68-72-97-80(2)114-102-77-95(120(88-56-30-10-31-57-88,89-58-32-11-33-59-89)90-60-34-12-35-61-90)70-74-99(102)116(107(114)109-97)105-111-104(81-42-16-3-17-43-81)112-106(113-105)117-100-75-71-96(121(91-62-36-13-37-63-91,92-64-38-14-39-65-92)93-66-40-15-41-67-93)78-103(100)115-101-76-94(69-73-98(101)110-108(115)117)119(85-50-24-7-25-51-85,86-52-26-8-27-53-86)87-54-28-9-29-55-87/h3-78H,1H2,2H3/b72-68-. The largest absolute Gasteiger partial charge is 0.280 e. The number of hydrogen-bond donors (Lipinski definition) is 0. The zero-order valence-corrected chi connectivity index (χ0v) is 70.6. The molecule has 121 heavy (non-hydrogen) atoms. The molecule has 0 aliphatic rings. The highest BCUT2D eigenvalue weighted by atomic mass is 28.3.